The predicted molar refractivity (Wildman–Crippen MR) is 57.0 cm³/mol. The Balaban J connectivity index is 2.13. The van der Waals surface area contributed by atoms with Gasteiger partial charge in [-0.1, -0.05) is 0 Å². The van der Waals surface area contributed by atoms with E-state index in [2.05, 4.69) is 5.32 Å². The topological polar surface area (TPSA) is 46.2 Å². The van der Waals surface area contributed by atoms with Crippen LogP contribution in [0.3, 0.4) is 0 Å². The lowest BCUT2D eigenvalue weighted by Crippen LogP contribution is -2.45. The zero-order valence-corrected chi connectivity index (χ0v) is 9.68. The van der Waals surface area contributed by atoms with Crippen molar-refractivity contribution in [3.8, 4) is 0 Å². The standard InChI is InChI=1S/C10H19NO2S/c1-7(2)14(12,13)10-5-8-3-4-9(6-10)11-8/h7-11H,3-6H2,1-2H3/t8-,9-/m1/s1. The molecule has 2 saturated heterocycles. The molecule has 14 heavy (non-hydrogen) atoms. The summed E-state index contributed by atoms with van der Waals surface area (Å²) >= 11 is 0. The van der Waals surface area contributed by atoms with Gasteiger partial charge in [0.1, 0.15) is 0 Å². The molecular formula is C10H19NO2S. The maximum Gasteiger partial charge on any atom is 0.155 e. The molecule has 2 heterocycles. The van der Waals surface area contributed by atoms with E-state index < -0.39 is 9.84 Å². The zero-order valence-electron chi connectivity index (χ0n) is 8.86. The lowest BCUT2D eigenvalue weighted by atomic mass is 10.1. The summed E-state index contributed by atoms with van der Waals surface area (Å²) in [4.78, 5) is 0. The fraction of sp³-hybridized carbons (Fsp3) is 1.00. The number of sulfone groups is 1. The van der Waals surface area contributed by atoms with Crippen LogP contribution >= 0.6 is 0 Å². The molecule has 82 valence electrons. The third-order valence-electron chi connectivity index (χ3n) is 3.55. The van der Waals surface area contributed by atoms with Crippen LogP contribution in [-0.2, 0) is 9.84 Å². The van der Waals surface area contributed by atoms with Crippen LogP contribution in [0.15, 0.2) is 0 Å². The summed E-state index contributed by atoms with van der Waals surface area (Å²) in [5.41, 5.74) is 0. The van der Waals surface area contributed by atoms with Crippen molar-refractivity contribution in [1.29, 1.82) is 0 Å². The molecule has 4 heteroatoms. The van der Waals surface area contributed by atoms with Gasteiger partial charge in [0.2, 0.25) is 0 Å². The van der Waals surface area contributed by atoms with E-state index in [4.69, 9.17) is 0 Å². The zero-order chi connectivity index (χ0) is 10.3. The largest absolute Gasteiger partial charge is 0.311 e. The maximum absolute atomic E-state index is 12.0. The number of hydrogen-bond acceptors (Lipinski definition) is 3. The molecule has 2 fully saturated rings. The minimum absolute atomic E-state index is 0.0822. The molecule has 0 aliphatic carbocycles. The van der Waals surface area contributed by atoms with Crippen molar-refractivity contribution < 1.29 is 8.42 Å². The van der Waals surface area contributed by atoms with Crippen LogP contribution in [-0.4, -0.2) is 31.0 Å². The molecule has 2 bridgehead atoms. The van der Waals surface area contributed by atoms with Gasteiger partial charge in [-0.2, -0.15) is 0 Å². The Bertz CT molecular complexity index is 298. The van der Waals surface area contributed by atoms with Crippen molar-refractivity contribution >= 4 is 9.84 Å². The smallest absolute Gasteiger partial charge is 0.155 e. The number of nitrogens with one attached hydrogen (secondary N) is 1. The fourth-order valence-corrected chi connectivity index (χ4v) is 4.43. The van der Waals surface area contributed by atoms with Crippen LogP contribution in [0.2, 0.25) is 0 Å². The van der Waals surface area contributed by atoms with E-state index in [0.717, 1.165) is 25.7 Å². The summed E-state index contributed by atoms with van der Waals surface area (Å²) < 4.78 is 24.0. The van der Waals surface area contributed by atoms with E-state index in [-0.39, 0.29) is 10.5 Å². The average Bonchev–Trinajstić information content (AvgIpc) is 2.45. The molecule has 0 radical (unpaired) electrons. The molecule has 0 aromatic rings. The Hall–Kier alpha value is -0.0900. The van der Waals surface area contributed by atoms with Gasteiger partial charge in [-0.3, -0.25) is 0 Å². The van der Waals surface area contributed by atoms with Crippen LogP contribution in [0.25, 0.3) is 0 Å². The lowest BCUT2D eigenvalue weighted by molar-refractivity contribution is 0.399. The van der Waals surface area contributed by atoms with Gasteiger partial charge in [0.05, 0.1) is 10.5 Å². The van der Waals surface area contributed by atoms with Crippen LogP contribution in [0.5, 0.6) is 0 Å². The molecule has 0 aromatic heterocycles. The Labute approximate surface area is 86.2 Å². The van der Waals surface area contributed by atoms with E-state index in [1.54, 1.807) is 13.8 Å². The van der Waals surface area contributed by atoms with Gasteiger partial charge in [0.25, 0.3) is 0 Å². The van der Waals surface area contributed by atoms with Crippen molar-refractivity contribution in [3.05, 3.63) is 0 Å². The SMILES string of the molecule is CC(C)S(=O)(=O)C1C[C@H]2CC[C@H](C1)N2. The lowest BCUT2D eigenvalue weighted by Gasteiger charge is -2.29. The highest BCUT2D eigenvalue weighted by Gasteiger charge is 2.40. The van der Waals surface area contributed by atoms with Gasteiger partial charge < -0.3 is 5.32 Å². The first-order valence-electron chi connectivity index (χ1n) is 5.49. The molecular weight excluding hydrogens is 198 g/mol. The first kappa shape index (κ1) is 10.4. The summed E-state index contributed by atoms with van der Waals surface area (Å²) in [6, 6.07) is 0.930. The highest BCUT2D eigenvalue weighted by Crippen LogP contribution is 2.31. The Morgan fingerprint density at radius 1 is 1.14 bits per heavy atom. The van der Waals surface area contributed by atoms with Crippen LogP contribution in [0.4, 0.5) is 0 Å². The summed E-state index contributed by atoms with van der Waals surface area (Å²) in [6.45, 7) is 3.58. The van der Waals surface area contributed by atoms with E-state index in [9.17, 15) is 8.42 Å². The Morgan fingerprint density at radius 2 is 1.64 bits per heavy atom. The van der Waals surface area contributed by atoms with E-state index in [1.807, 2.05) is 0 Å². The third kappa shape index (κ3) is 1.70. The van der Waals surface area contributed by atoms with Crippen molar-refractivity contribution in [2.75, 3.05) is 0 Å². The molecule has 2 atom stereocenters. The third-order valence-corrected chi connectivity index (χ3v) is 6.18. The summed E-state index contributed by atoms with van der Waals surface area (Å²) in [5.74, 6) is 0. The summed E-state index contributed by atoms with van der Waals surface area (Å²) in [7, 11) is -2.87. The second-order valence-electron chi connectivity index (χ2n) is 4.87. The van der Waals surface area contributed by atoms with Crippen molar-refractivity contribution in [2.45, 2.75) is 62.1 Å². The number of piperidine rings is 1. The highest BCUT2D eigenvalue weighted by atomic mass is 32.2. The van der Waals surface area contributed by atoms with Gasteiger partial charge in [-0.15, -0.1) is 0 Å². The molecule has 0 unspecified atom stereocenters. The first-order chi connectivity index (χ1) is 6.50. The van der Waals surface area contributed by atoms with Gasteiger partial charge in [0.15, 0.2) is 9.84 Å². The second kappa shape index (κ2) is 3.49. The van der Waals surface area contributed by atoms with Crippen molar-refractivity contribution in [3.63, 3.8) is 0 Å². The molecule has 0 spiro atoms. The normalized spacial score (nSPS) is 37.8. The summed E-state index contributed by atoms with van der Waals surface area (Å²) in [6.07, 6.45) is 3.98. The Kier molecular flexibility index (Phi) is 2.60. The molecule has 2 rings (SSSR count). The predicted octanol–water partition coefficient (Wildman–Crippen LogP) is 1.09. The van der Waals surface area contributed by atoms with E-state index >= 15 is 0 Å². The average molecular weight is 217 g/mol. The van der Waals surface area contributed by atoms with Gasteiger partial charge >= 0.3 is 0 Å². The number of hydrogen-bond donors (Lipinski definition) is 1. The fourth-order valence-electron chi connectivity index (χ4n) is 2.66. The molecule has 0 aromatic carbocycles. The first-order valence-corrected chi connectivity index (χ1v) is 7.10. The monoisotopic (exact) mass is 217 g/mol. The van der Waals surface area contributed by atoms with Gasteiger partial charge in [0, 0.05) is 12.1 Å². The quantitative estimate of drug-likeness (QED) is 0.753. The maximum atomic E-state index is 12.0. The van der Waals surface area contributed by atoms with E-state index in [0.29, 0.717) is 12.1 Å². The van der Waals surface area contributed by atoms with Gasteiger partial charge in [-0.25, -0.2) is 8.42 Å². The van der Waals surface area contributed by atoms with Gasteiger partial charge in [-0.05, 0) is 39.5 Å². The Morgan fingerprint density at radius 3 is 2.07 bits per heavy atom. The summed E-state index contributed by atoms with van der Waals surface area (Å²) in [5, 5.41) is 3.17. The number of rotatable bonds is 2. The highest BCUT2D eigenvalue weighted by molar-refractivity contribution is 7.92. The molecule has 3 nitrogen and oxygen atoms in total. The molecule has 1 N–H and O–H groups in total. The minimum atomic E-state index is -2.87. The van der Waals surface area contributed by atoms with Crippen molar-refractivity contribution in [1.82, 2.24) is 5.32 Å². The van der Waals surface area contributed by atoms with Crippen molar-refractivity contribution in [2.24, 2.45) is 0 Å². The second-order valence-corrected chi connectivity index (χ2v) is 7.66. The number of fused-ring (bicyclic) bond motifs is 2. The molecule has 2 aliphatic rings. The molecule has 0 amide bonds. The van der Waals surface area contributed by atoms with Crippen LogP contribution in [0.1, 0.15) is 39.5 Å². The minimum Gasteiger partial charge on any atom is -0.311 e. The van der Waals surface area contributed by atoms with Crippen LogP contribution < -0.4 is 5.32 Å². The van der Waals surface area contributed by atoms with E-state index in [1.165, 1.54) is 0 Å². The van der Waals surface area contributed by atoms with Crippen LogP contribution in [0, 0.1) is 0 Å². The molecule has 2 aliphatic heterocycles. The molecule has 0 saturated carbocycles.